The van der Waals surface area contributed by atoms with E-state index in [0.29, 0.717) is 19.4 Å². The van der Waals surface area contributed by atoms with Gasteiger partial charge in [-0.3, -0.25) is 9.78 Å². The number of carbonyl (C=O) groups is 1. The van der Waals surface area contributed by atoms with Crippen molar-refractivity contribution in [1.82, 2.24) is 14.6 Å². The highest BCUT2D eigenvalue weighted by atomic mass is 32.2. The van der Waals surface area contributed by atoms with Crippen LogP contribution in [0.5, 0.6) is 0 Å². The van der Waals surface area contributed by atoms with Gasteiger partial charge in [0, 0.05) is 32.1 Å². The maximum Gasteiger partial charge on any atom is 0.248 e. The first kappa shape index (κ1) is 16.9. The lowest BCUT2D eigenvalue weighted by molar-refractivity contribution is -0.136. The van der Waals surface area contributed by atoms with Crippen molar-refractivity contribution in [2.24, 2.45) is 0 Å². The molecule has 8 heteroatoms. The normalized spacial score (nSPS) is 22.0. The van der Waals surface area contributed by atoms with Crippen LogP contribution in [0.1, 0.15) is 12.0 Å². The first-order valence-corrected chi connectivity index (χ1v) is 8.94. The maximum atomic E-state index is 12.2. The number of pyridine rings is 1. The van der Waals surface area contributed by atoms with Crippen molar-refractivity contribution >= 4 is 15.9 Å². The summed E-state index contributed by atoms with van der Waals surface area (Å²) < 4.78 is 30.6. The number of hydrogen-bond donors (Lipinski definition) is 1. The fourth-order valence-electron chi connectivity index (χ4n) is 2.79. The van der Waals surface area contributed by atoms with E-state index in [1.165, 1.54) is 7.11 Å². The Bertz CT molecular complexity index is 606. The van der Waals surface area contributed by atoms with Gasteiger partial charge < -0.3 is 9.64 Å². The Hall–Kier alpha value is -1.51. The average Bonchev–Trinajstić information content (AvgIpc) is 2.81. The quantitative estimate of drug-likeness (QED) is 0.781. The number of nitrogens with one attached hydrogen (secondary N) is 1. The summed E-state index contributed by atoms with van der Waals surface area (Å²) in [4.78, 5) is 17.8. The second-order valence-electron chi connectivity index (χ2n) is 5.43. The van der Waals surface area contributed by atoms with Gasteiger partial charge in [-0.1, -0.05) is 0 Å². The number of hydrogen-bond acceptors (Lipinski definition) is 5. The van der Waals surface area contributed by atoms with Crippen molar-refractivity contribution in [2.45, 2.75) is 24.9 Å². The molecule has 22 heavy (non-hydrogen) atoms. The van der Waals surface area contributed by atoms with E-state index in [1.54, 1.807) is 17.3 Å². The second kappa shape index (κ2) is 7.17. The van der Waals surface area contributed by atoms with Gasteiger partial charge in [0.2, 0.25) is 15.9 Å². The van der Waals surface area contributed by atoms with Crippen molar-refractivity contribution in [2.75, 3.05) is 26.5 Å². The lowest BCUT2D eigenvalue weighted by atomic mass is 10.0. The van der Waals surface area contributed by atoms with Gasteiger partial charge in [-0.25, -0.2) is 13.1 Å². The van der Waals surface area contributed by atoms with E-state index in [1.807, 2.05) is 12.1 Å². The molecule has 7 nitrogen and oxygen atoms in total. The second-order valence-corrected chi connectivity index (χ2v) is 7.21. The van der Waals surface area contributed by atoms with E-state index >= 15 is 0 Å². The minimum atomic E-state index is -3.33. The van der Waals surface area contributed by atoms with E-state index in [-0.39, 0.29) is 24.6 Å². The van der Waals surface area contributed by atoms with Crippen LogP contribution in [0.4, 0.5) is 0 Å². The van der Waals surface area contributed by atoms with Crippen LogP contribution < -0.4 is 4.72 Å². The Morgan fingerprint density at radius 1 is 1.45 bits per heavy atom. The third kappa shape index (κ3) is 4.49. The van der Waals surface area contributed by atoms with Crippen LogP contribution in [-0.4, -0.2) is 62.8 Å². The summed E-state index contributed by atoms with van der Waals surface area (Å²) in [7, 11) is -1.86. The van der Waals surface area contributed by atoms with E-state index in [0.717, 1.165) is 11.8 Å². The van der Waals surface area contributed by atoms with Gasteiger partial charge in [-0.05, 0) is 30.5 Å². The lowest BCUT2D eigenvalue weighted by Crippen LogP contribution is -2.48. The third-order valence-corrected chi connectivity index (χ3v) is 4.42. The van der Waals surface area contributed by atoms with Gasteiger partial charge in [-0.15, -0.1) is 0 Å². The Balaban J connectivity index is 2.19. The summed E-state index contributed by atoms with van der Waals surface area (Å²) >= 11 is 0. The van der Waals surface area contributed by atoms with E-state index in [4.69, 9.17) is 4.74 Å². The molecule has 2 atom stereocenters. The smallest absolute Gasteiger partial charge is 0.248 e. The molecule has 1 amide bonds. The minimum Gasteiger partial charge on any atom is -0.375 e. The Morgan fingerprint density at radius 2 is 2.14 bits per heavy atom. The van der Waals surface area contributed by atoms with Crippen LogP contribution in [0.3, 0.4) is 0 Å². The molecule has 1 unspecified atom stereocenters. The largest absolute Gasteiger partial charge is 0.375 e. The first-order chi connectivity index (χ1) is 10.4. The van der Waals surface area contributed by atoms with E-state index < -0.39 is 10.0 Å². The number of carbonyl (C=O) groups excluding carboxylic acids is 1. The highest BCUT2D eigenvalue weighted by Crippen LogP contribution is 2.22. The molecule has 0 spiro atoms. The number of ether oxygens (including phenoxy) is 1. The molecular weight excluding hydrogens is 306 g/mol. The molecular formula is C14H21N3O4S. The molecule has 1 fully saturated rings. The first-order valence-electron chi connectivity index (χ1n) is 7.05. The van der Waals surface area contributed by atoms with Crippen molar-refractivity contribution in [3.05, 3.63) is 30.1 Å². The Labute approximate surface area is 130 Å². The number of rotatable bonds is 6. The van der Waals surface area contributed by atoms with Crippen molar-refractivity contribution in [3.63, 3.8) is 0 Å². The van der Waals surface area contributed by atoms with Gasteiger partial charge in [0.05, 0.1) is 12.3 Å². The molecule has 1 aromatic heterocycles. The molecule has 0 radical (unpaired) electrons. The Morgan fingerprint density at radius 3 is 2.73 bits per heavy atom. The molecule has 1 saturated heterocycles. The number of likely N-dealkylation sites (tertiary alicyclic amines) is 1. The van der Waals surface area contributed by atoms with E-state index in [9.17, 15) is 13.2 Å². The van der Waals surface area contributed by atoms with Crippen LogP contribution in [0, 0.1) is 0 Å². The Kier molecular flexibility index (Phi) is 5.49. The third-order valence-electron chi connectivity index (χ3n) is 3.69. The zero-order valence-electron chi connectivity index (χ0n) is 12.7. The van der Waals surface area contributed by atoms with Crippen LogP contribution >= 0.6 is 0 Å². The summed E-state index contributed by atoms with van der Waals surface area (Å²) in [6, 6.07) is 3.23. The van der Waals surface area contributed by atoms with Crippen LogP contribution in [-0.2, 0) is 26.0 Å². The molecule has 1 N–H and O–H groups in total. The van der Waals surface area contributed by atoms with Gasteiger partial charge >= 0.3 is 0 Å². The molecule has 0 bridgehead atoms. The zero-order valence-corrected chi connectivity index (χ0v) is 13.5. The van der Waals surface area contributed by atoms with Crippen molar-refractivity contribution < 1.29 is 17.9 Å². The minimum absolute atomic E-state index is 0.00155. The molecule has 1 aromatic rings. The van der Waals surface area contributed by atoms with Crippen LogP contribution in [0.25, 0.3) is 0 Å². The monoisotopic (exact) mass is 327 g/mol. The standard InChI is InChI=1S/C14H21N3O4S/c1-21-10-14(18)17-8-5-12(16-22(2,19)20)13(17)9-11-3-6-15-7-4-11/h3-4,6-7,12-13,16H,5,8-10H2,1-2H3/t12-,13?/m1/s1. The highest BCUT2D eigenvalue weighted by molar-refractivity contribution is 7.88. The fraction of sp³-hybridized carbons (Fsp3) is 0.571. The van der Waals surface area contributed by atoms with Gasteiger partial charge in [0.25, 0.3) is 0 Å². The number of amides is 1. The summed E-state index contributed by atoms with van der Waals surface area (Å²) in [6.07, 6.45) is 5.68. The molecule has 1 aliphatic rings. The number of sulfonamides is 1. The number of nitrogens with zero attached hydrogens (tertiary/aromatic N) is 2. The molecule has 2 heterocycles. The van der Waals surface area contributed by atoms with Crippen LogP contribution in [0.15, 0.2) is 24.5 Å². The summed E-state index contributed by atoms with van der Waals surface area (Å²) in [6.45, 7) is 0.517. The van der Waals surface area contributed by atoms with Crippen LogP contribution in [0.2, 0.25) is 0 Å². The van der Waals surface area contributed by atoms with Gasteiger partial charge in [0.15, 0.2) is 0 Å². The topological polar surface area (TPSA) is 88.6 Å². The summed E-state index contributed by atoms with van der Waals surface area (Å²) in [5.74, 6) is -0.126. The molecule has 1 aliphatic heterocycles. The van der Waals surface area contributed by atoms with E-state index in [2.05, 4.69) is 9.71 Å². The van der Waals surface area contributed by atoms with Crippen molar-refractivity contribution in [1.29, 1.82) is 0 Å². The molecule has 122 valence electrons. The SMILES string of the molecule is COCC(=O)N1CC[C@@H](NS(C)(=O)=O)C1Cc1ccncc1. The van der Waals surface area contributed by atoms with Gasteiger partial charge in [0.1, 0.15) is 6.61 Å². The fourth-order valence-corrected chi connectivity index (χ4v) is 3.62. The number of methoxy groups -OCH3 is 1. The number of aromatic nitrogens is 1. The predicted molar refractivity (Wildman–Crippen MR) is 81.7 cm³/mol. The maximum absolute atomic E-state index is 12.2. The average molecular weight is 327 g/mol. The highest BCUT2D eigenvalue weighted by Gasteiger charge is 2.38. The predicted octanol–water partition coefficient (Wildman–Crippen LogP) is -0.211. The molecule has 0 aromatic carbocycles. The zero-order chi connectivity index (χ0) is 16.2. The molecule has 0 saturated carbocycles. The van der Waals surface area contributed by atoms with Crippen molar-refractivity contribution in [3.8, 4) is 0 Å². The lowest BCUT2D eigenvalue weighted by Gasteiger charge is -2.28. The molecule has 0 aliphatic carbocycles. The summed E-state index contributed by atoms with van der Waals surface area (Å²) in [5, 5.41) is 0. The summed E-state index contributed by atoms with van der Waals surface area (Å²) in [5.41, 5.74) is 1.01. The molecule has 2 rings (SSSR count). The van der Waals surface area contributed by atoms with Gasteiger partial charge in [-0.2, -0.15) is 0 Å².